The van der Waals surface area contributed by atoms with Crippen molar-refractivity contribution in [2.45, 2.75) is 135 Å². The molecule has 0 aromatic carbocycles. The summed E-state index contributed by atoms with van der Waals surface area (Å²) in [6.45, 7) is 11.8. The Labute approximate surface area is 173 Å². The minimum Gasteiger partial charge on any atom is -0.540 e. The summed E-state index contributed by atoms with van der Waals surface area (Å²) < 4.78 is 45.5. The van der Waals surface area contributed by atoms with Gasteiger partial charge in [0.2, 0.25) is 8.32 Å². The third kappa shape index (κ3) is 12.9. The van der Waals surface area contributed by atoms with Crippen LogP contribution in [-0.2, 0) is 4.43 Å². The van der Waals surface area contributed by atoms with Crippen molar-refractivity contribution < 1.29 is 17.6 Å². The molecule has 1 nitrogen and oxygen atoms in total. The first-order chi connectivity index (χ1) is 12.9. The molecule has 0 aliphatic carbocycles. The predicted molar refractivity (Wildman–Crippen MR) is 118 cm³/mol. The third-order valence-electron chi connectivity index (χ3n) is 5.84. The van der Waals surface area contributed by atoms with Gasteiger partial charge in [-0.05, 0) is 37.0 Å². The summed E-state index contributed by atoms with van der Waals surface area (Å²) >= 11 is 0. The number of unbranched alkanes of at least 4 members (excludes halogenated alkanes) is 12. The minimum atomic E-state index is -4.40. The van der Waals surface area contributed by atoms with Crippen molar-refractivity contribution in [3.8, 4) is 0 Å². The van der Waals surface area contributed by atoms with E-state index >= 15 is 0 Å². The van der Waals surface area contributed by atoms with Crippen LogP contribution >= 0.6 is 0 Å². The molecule has 0 amide bonds. The fraction of sp³-hybridized carbons (Fsp3) is 0.913. The standard InChI is InChI=1S/C23H45F3OSi/c1-7-8-9-10-11-12-13-14-15-16-17-18-19-20-21(23(24,25)26)27-28(5,6)22(2,3)4/h20H,7-19H2,1-6H3/b21-20+. The van der Waals surface area contributed by atoms with E-state index in [1.807, 2.05) is 33.9 Å². The summed E-state index contributed by atoms with van der Waals surface area (Å²) in [6.07, 6.45) is 12.0. The molecule has 0 spiro atoms. The first-order valence-electron chi connectivity index (χ1n) is 11.4. The fourth-order valence-corrected chi connectivity index (χ4v) is 3.92. The van der Waals surface area contributed by atoms with Gasteiger partial charge in [0.15, 0.2) is 5.76 Å². The summed E-state index contributed by atoms with van der Waals surface area (Å²) in [4.78, 5) is 0. The van der Waals surface area contributed by atoms with Gasteiger partial charge in [-0.1, -0.05) is 98.3 Å². The lowest BCUT2D eigenvalue weighted by Gasteiger charge is -2.37. The molecule has 0 bridgehead atoms. The Morgan fingerprint density at radius 3 is 1.50 bits per heavy atom. The molecule has 0 rings (SSSR count). The normalized spacial score (nSPS) is 13.8. The molecule has 5 heteroatoms. The van der Waals surface area contributed by atoms with Gasteiger partial charge in [-0.3, -0.25) is 0 Å². The van der Waals surface area contributed by atoms with Crippen LogP contribution in [0.25, 0.3) is 0 Å². The number of allylic oxidation sites excluding steroid dienone is 2. The molecule has 0 aromatic rings. The topological polar surface area (TPSA) is 9.23 Å². The van der Waals surface area contributed by atoms with Crippen molar-refractivity contribution >= 4 is 8.32 Å². The molecule has 0 fully saturated rings. The second kappa shape index (κ2) is 13.7. The van der Waals surface area contributed by atoms with Crippen LogP contribution in [-0.4, -0.2) is 14.5 Å². The largest absolute Gasteiger partial charge is 0.540 e. The van der Waals surface area contributed by atoms with Crippen molar-refractivity contribution in [1.29, 1.82) is 0 Å². The number of alkyl halides is 3. The summed E-state index contributed by atoms with van der Waals surface area (Å²) in [6, 6.07) is 0. The average Bonchev–Trinajstić information content (AvgIpc) is 2.56. The summed E-state index contributed by atoms with van der Waals surface area (Å²) in [5, 5.41) is -0.243. The smallest absolute Gasteiger partial charge is 0.447 e. The van der Waals surface area contributed by atoms with Gasteiger partial charge in [0.05, 0.1) is 0 Å². The van der Waals surface area contributed by atoms with Crippen LogP contribution < -0.4 is 0 Å². The lowest BCUT2D eigenvalue weighted by Crippen LogP contribution is -2.42. The Bertz CT molecular complexity index is 423. The first-order valence-corrected chi connectivity index (χ1v) is 14.3. The Hall–Kier alpha value is -0.453. The average molecular weight is 423 g/mol. The predicted octanol–water partition coefficient (Wildman–Crippen LogP) is 9.55. The Morgan fingerprint density at radius 2 is 1.14 bits per heavy atom. The van der Waals surface area contributed by atoms with Gasteiger partial charge in [-0.2, -0.15) is 13.2 Å². The van der Waals surface area contributed by atoms with E-state index in [-0.39, 0.29) is 5.04 Å². The van der Waals surface area contributed by atoms with Gasteiger partial charge in [0.1, 0.15) is 0 Å². The van der Waals surface area contributed by atoms with Gasteiger partial charge in [0.25, 0.3) is 0 Å². The van der Waals surface area contributed by atoms with E-state index in [9.17, 15) is 13.2 Å². The van der Waals surface area contributed by atoms with Gasteiger partial charge in [-0.15, -0.1) is 0 Å². The van der Waals surface area contributed by atoms with Crippen molar-refractivity contribution in [1.82, 2.24) is 0 Å². The van der Waals surface area contributed by atoms with E-state index in [0.717, 1.165) is 19.3 Å². The quantitative estimate of drug-likeness (QED) is 0.145. The molecule has 0 radical (unpaired) electrons. The van der Waals surface area contributed by atoms with E-state index in [1.54, 1.807) is 0 Å². The molecular formula is C23H45F3OSi. The molecule has 0 aromatic heterocycles. The first kappa shape index (κ1) is 27.5. The third-order valence-corrected chi connectivity index (χ3v) is 10.2. The fourth-order valence-electron chi connectivity index (χ4n) is 2.86. The van der Waals surface area contributed by atoms with Crippen molar-refractivity contribution in [3.05, 3.63) is 11.8 Å². The van der Waals surface area contributed by atoms with Gasteiger partial charge < -0.3 is 4.43 Å². The lowest BCUT2D eigenvalue weighted by atomic mass is 10.0. The zero-order valence-corrected chi connectivity index (χ0v) is 20.3. The number of hydrogen-bond acceptors (Lipinski definition) is 1. The van der Waals surface area contributed by atoms with Crippen LogP contribution in [0.3, 0.4) is 0 Å². The highest BCUT2D eigenvalue weighted by Crippen LogP contribution is 2.41. The molecule has 28 heavy (non-hydrogen) atoms. The second-order valence-electron chi connectivity index (χ2n) is 9.61. The molecule has 0 aliphatic heterocycles. The zero-order chi connectivity index (χ0) is 21.7. The highest BCUT2D eigenvalue weighted by molar-refractivity contribution is 6.74. The molecule has 0 N–H and O–H groups in total. The molecule has 0 unspecified atom stereocenters. The monoisotopic (exact) mass is 422 g/mol. The van der Waals surface area contributed by atoms with Crippen molar-refractivity contribution in [2.75, 3.05) is 0 Å². The highest BCUT2D eigenvalue weighted by Gasteiger charge is 2.45. The molecule has 0 aliphatic rings. The van der Waals surface area contributed by atoms with Crippen LogP contribution in [0.1, 0.15) is 111 Å². The van der Waals surface area contributed by atoms with Gasteiger partial charge in [0, 0.05) is 0 Å². The summed E-state index contributed by atoms with van der Waals surface area (Å²) in [5.41, 5.74) is 0. The van der Waals surface area contributed by atoms with Gasteiger partial charge in [-0.25, -0.2) is 0 Å². The molecule has 0 atom stereocenters. The van der Waals surface area contributed by atoms with Crippen molar-refractivity contribution in [2.24, 2.45) is 0 Å². The highest BCUT2D eigenvalue weighted by atomic mass is 28.4. The van der Waals surface area contributed by atoms with Crippen LogP contribution in [0.15, 0.2) is 11.8 Å². The molecular weight excluding hydrogens is 377 g/mol. The number of rotatable bonds is 15. The number of halogens is 3. The SMILES string of the molecule is CCCCCCCCCCCCCC/C=C(/O[Si](C)(C)C(C)(C)C)C(F)(F)F. The molecule has 0 heterocycles. The van der Waals surface area contributed by atoms with E-state index in [2.05, 4.69) is 6.92 Å². The Balaban J connectivity index is 4.03. The minimum absolute atomic E-state index is 0.243. The van der Waals surface area contributed by atoms with Crippen LogP contribution in [0.2, 0.25) is 18.1 Å². The summed E-state index contributed by atoms with van der Waals surface area (Å²) in [7, 11) is -2.47. The van der Waals surface area contributed by atoms with Crippen LogP contribution in [0.4, 0.5) is 13.2 Å². The maximum absolute atomic E-state index is 13.3. The van der Waals surface area contributed by atoms with E-state index in [1.165, 1.54) is 63.9 Å². The zero-order valence-electron chi connectivity index (χ0n) is 19.3. The Morgan fingerprint density at radius 1 is 0.750 bits per heavy atom. The maximum Gasteiger partial charge on any atom is 0.447 e. The van der Waals surface area contributed by atoms with Gasteiger partial charge >= 0.3 is 6.18 Å². The van der Waals surface area contributed by atoms with E-state index < -0.39 is 20.3 Å². The Kier molecular flexibility index (Phi) is 13.5. The molecule has 168 valence electrons. The molecule has 0 saturated heterocycles. The number of hydrogen-bond donors (Lipinski definition) is 0. The molecule has 0 saturated carbocycles. The maximum atomic E-state index is 13.3. The van der Waals surface area contributed by atoms with Crippen LogP contribution in [0, 0.1) is 0 Å². The van der Waals surface area contributed by atoms with Crippen molar-refractivity contribution in [3.63, 3.8) is 0 Å². The lowest BCUT2D eigenvalue weighted by molar-refractivity contribution is -0.118. The summed E-state index contributed by atoms with van der Waals surface area (Å²) in [5.74, 6) is -0.776. The van der Waals surface area contributed by atoms with Crippen LogP contribution in [0.5, 0.6) is 0 Å². The van der Waals surface area contributed by atoms with E-state index in [4.69, 9.17) is 4.43 Å². The second-order valence-corrected chi connectivity index (χ2v) is 14.3. The van der Waals surface area contributed by atoms with E-state index in [0.29, 0.717) is 6.42 Å².